The molecule has 2 rings (SSSR count). The van der Waals surface area contributed by atoms with Crippen LogP contribution in [0.25, 0.3) is 5.65 Å². The molecular weight excluding hydrogens is 267 g/mol. The number of hydrogen-bond acceptors (Lipinski definition) is 4. The van der Waals surface area contributed by atoms with E-state index in [2.05, 4.69) is 4.98 Å². The van der Waals surface area contributed by atoms with E-state index in [1.165, 1.54) is 12.3 Å². The van der Waals surface area contributed by atoms with Crippen LogP contribution in [0.5, 0.6) is 0 Å². The van der Waals surface area contributed by atoms with Crippen molar-refractivity contribution in [3.8, 4) is 0 Å². The van der Waals surface area contributed by atoms with E-state index in [1.807, 2.05) is 0 Å². The molecule has 0 aliphatic carbocycles. The van der Waals surface area contributed by atoms with Crippen LogP contribution in [-0.2, 0) is 11.3 Å². The smallest absolute Gasteiger partial charge is 0.354 e. The van der Waals surface area contributed by atoms with Gasteiger partial charge in [-0.1, -0.05) is 0 Å². The van der Waals surface area contributed by atoms with Gasteiger partial charge in [-0.3, -0.25) is 4.40 Å². The quantitative estimate of drug-likeness (QED) is 0.867. The summed E-state index contributed by atoms with van der Waals surface area (Å²) in [5.74, 6) is -1.77. The molecule has 0 amide bonds. The molecule has 0 fully saturated rings. The summed E-state index contributed by atoms with van der Waals surface area (Å²) in [6, 6.07) is 1.42. The number of fused-ring (bicyclic) bond motifs is 1. The molecule has 0 aromatic carbocycles. The van der Waals surface area contributed by atoms with Gasteiger partial charge in [0.1, 0.15) is 11.5 Å². The number of pyridine rings is 1. The number of carboxylic acids is 1. The lowest BCUT2D eigenvalue weighted by Crippen LogP contribution is -2.26. The van der Waals surface area contributed by atoms with E-state index in [1.54, 1.807) is 13.8 Å². The number of carbonyl (C=O) groups is 1. The summed E-state index contributed by atoms with van der Waals surface area (Å²) in [4.78, 5) is 14.8. The van der Waals surface area contributed by atoms with Gasteiger partial charge < -0.3 is 14.9 Å². The zero-order chi connectivity index (χ0) is 14.9. The largest absolute Gasteiger partial charge is 0.477 e. The van der Waals surface area contributed by atoms with E-state index in [9.17, 15) is 14.3 Å². The Labute approximate surface area is 114 Å². The van der Waals surface area contributed by atoms with E-state index in [0.717, 1.165) is 10.6 Å². The molecule has 2 N–H and O–H groups in total. The van der Waals surface area contributed by atoms with Crippen LogP contribution in [-0.4, -0.2) is 37.8 Å². The van der Waals surface area contributed by atoms with Crippen LogP contribution in [0.4, 0.5) is 4.39 Å². The van der Waals surface area contributed by atoms with E-state index >= 15 is 0 Å². The first-order chi connectivity index (χ1) is 9.28. The minimum absolute atomic E-state index is 0.0262. The molecule has 0 aliphatic rings. The van der Waals surface area contributed by atoms with Gasteiger partial charge in [0, 0.05) is 11.8 Å². The number of aromatic carboxylic acids is 1. The van der Waals surface area contributed by atoms with Crippen molar-refractivity contribution < 1.29 is 24.1 Å². The van der Waals surface area contributed by atoms with Crippen LogP contribution in [0, 0.1) is 5.82 Å². The van der Waals surface area contributed by atoms with Crippen molar-refractivity contribution in [2.75, 3.05) is 6.61 Å². The van der Waals surface area contributed by atoms with Gasteiger partial charge in [0.15, 0.2) is 5.69 Å². The van der Waals surface area contributed by atoms with Gasteiger partial charge in [-0.05, 0) is 19.9 Å². The number of aliphatic hydroxyl groups is 1. The van der Waals surface area contributed by atoms with Crippen molar-refractivity contribution in [3.63, 3.8) is 0 Å². The third kappa shape index (κ3) is 3.12. The molecule has 6 nitrogen and oxygen atoms in total. The molecule has 0 saturated heterocycles. The van der Waals surface area contributed by atoms with E-state index in [-0.39, 0.29) is 24.5 Å². The number of ether oxygens (including phenoxy) is 1. The molecule has 20 heavy (non-hydrogen) atoms. The Morgan fingerprint density at radius 1 is 1.55 bits per heavy atom. The second-order valence-electron chi connectivity index (χ2n) is 5.13. The Bertz CT molecular complexity index is 646. The highest BCUT2D eigenvalue weighted by atomic mass is 19.1. The Balaban J connectivity index is 2.23. The number of carboxylic acid groups (broad SMARTS) is 1. The number of hydrogen-bond donors (Lipinski definition) is 2. The number of imidazole rings is 1. The Hall–Kier alpha value is -1.99. The molecular formula is C13H15FN2O4. The lowest BCUT2D eigenvalue weighted by Gasteiger charge is -2.17. The molecule has 0 radical (unpaired) electrons. The highest BCUT2D eigenvalue weighted by molar-refractivity contribution is 5.86. The fourth-order valence-electron chi connectivity index (χ4n) is 1.72. The van der Waals surface area contributed by atoms with Gasteiger partial charge >= 0.3 is 5.97 Å². The summed E-state index contributed by atoms with van der Waals surface area (Å²) in [6.07, 6.45) is 2.23. The summed E-state index contributed by atoms with van der Waals surface area (Å²) in [5, 5.41) is 18.4. The van der Waals surface area contributed by atoms with Crippen LogP contribution in [0.2, 0.25) is 0 Å². The average Bonchev–Trinajstić information content (AvgIpc) is 2.70. The molecule has 0 spiro atoms. The third-order valence-corrected chi connectivity index (χ3v) is 2.61. The van der Waals surface area contributed by atoms with E-state index < -0.39 is 17.4 Å². The van der Waals surface area contributed by atoms with Crippen molar-refractivity contribution in [2.45, 2.75) is 26.1 Å². The predicted molar refractivity (Wildman–Crippen MR) is 68.1 cm³/mol. The van der Waals surface area contributed by atoms with Crippen molar-refractivity contribution in [2.24, 2.45) is 0 Å². The van der Waals surface area contributed by atoms with Gasteiger partial charge in [0.25, 0.3) is 0 Å². The first-order valence-electron chi connectivity index (χ1n) is 5.97. The molecule has 0 saturated carbocycles. The Kier molecular flexibility index (Phi) is 3.74. The van der Waals surface area contributed by atoms with Gasteiger partial charge in [-0.25, -0.2) is 14.2 Å². The minimum atomic E-state index is -1.18. The zero-order valence-electron chi connectivity index (χ0n) is 11.1. The van der Waals surface area contributed by atoms with Crippen LogP contribution < -0.4 is 0 Å². The molecule has 0 atom stereocenters. The second-order valence-corrected chi connectivity index (χ2v) is 5.13. The zero-order valence-corrected chi connectivity index (χ0v) is 11.1. The van der Waals surface area contributed by atoms with Crippen LogP contribution in [0.15, 0.2) is 18.5 Å². The highest BCUT2D eigenvalue weighted by Gasteiger charge is 2.15. The molecule has 108 valence electrons. The summed E-state index contributed by atoms with van der Waals surface area (Å²) >= 11 is 0. The maximum atomic E-state index is 13.9. The van der Waals surface area contributed by atoms with Crippen molar-refractivity contribution >= 4 is 11.6 Å². The molecule has 2 aromatic rings. The molecule has 0 aliphatic heterocycles. The Morgan fingerprint density at radius 2 is 2.25 bits per heavy atom. The van der Waals surface area contributed by atoms with Crippen molar-refractivity contribution in [3.05, 3.63) is 35.5 Å². The number of halogens is 1. The van der Waals surface area contributed by atoms with Crippen LogP contribution >= 0.6 is 0 Å². The van der Waals surface area contributed by atoms with Gasteiger partial charge in [0.2, 0.25) is 0 Å². The molecule has 0 bridgehead atoms. The summed E-state index contributed by atoms with van der Waals surface area (Å²) in [7, 11) is 0. The normalized spacial score (nSPS) is 12.0. The van der Waals surface area contributed by atoms with Gasteiger partial charge in [-0.15, -0.1) is 0 Å². The first kappa shape index (κ1) is 14.4. The summed E-state index contributed by atoms with van der Waals surface area (Å²) in [6.45, 7) is 3.20. The average molecular weight is 282 g/mol. The summed E-state index contributed by atoms with van der Waals surface area (Å²) < 4.78 is 20.3. The monoisotopic (exact) mass is 282 g/mol. The number of rotatable bonds is 5. The Morgan fingerprint density at radius 3 is 2.85 bits per heavy atom. The maximum absolute atomic E-state index is 13.9. The number of aromatic nitrogens is 2. The van der Waals surface area contributed by atoms with Gasteiger partial charge in [0.05, 0.1) is 25.0 Å². The van der Waals surface area contributed by atoms with Crippen LogP contribution in [0.1, 0.15) is 29.9 Å². The lowest BCUT2D eigenvalue weighted by atomic mass is 10.2. The number of nitrogens with zero attached hydrogens (tertiary/aromatic N) is 2. The standard InChI is InChI=1S/C13H15FN2O4/c1-13(2,19)7-20-6-8-3-11-15-4-10(12(17)18)16(11)5-9(8)14/h3-5,19H,6-7H2,1-2H3,(H,17,18). The van der Waals surface area contributed by atoms with E-state index in [0.29, 0.717) is 5.65 Å². The predicted octanol–water partition coefficient (Wildman–Crippen LogP) is 1.46. The molecule has 7 heteroatoms. The van der Waals surface area contributed by atoms with Crippen LogP contribution in [0.3, 0.4) is 0 Å². The lowest BCUT2D eigenvalue weighted by molar-refractivity contribution is -0.0275. The third-order valence-electron chi connectivity index (χ3n) is 2.61. The SMILES string of the molecule is CC(C)(O)COCc1cc2ncc(C(=O)O)n2cc1F. The molecule has 2 aromatic heterocycles. The minimum Gasteiger partial charge on any atom is -0.477 e. The first-order valence-corrected chi connectivity index (χ1v) is 5.97. The molecule has 0 unspecified atom stereocenters. The maximum Gasteiger partial charge on any atom is 0.354 e. The summed E-state index contributed by atoms with van der Waals surface area (Å²) in [5.41, 5.74) is -0.525. The van der Waals surface area contributed by atoms with Crippen molar-refractivity contribution in [1.82, 2.24) is 9.38 Å². The van der Waals surface area contributed by atoms with Crippen molar-refractivity contribution in [1.29, 1.82) is 0 Å². The molecule has 2 heterocycles. The van der Waals surface area contributed by atoms with E-state index in [4.69, 9.17) is 9.84 Å². The topological polar surface area (TPSA) is 84.1 Å². The second kappa shape index (κ2) is 5.18. The fourth-order valence-corrected chi connectivity index (χ4v) is 1.72. The van der Waals surface area contributed by atoms with Gasteiger partial charge in [-0.2, -0.15) is 0 Å². The fraction of sp³-hybridized carbons (Fsp3) is 0.385. The highest BCUT2D eigenvalue weighted by Crippen LogP contribution is 2.15.